The summed E-state index contributed by atoms with van der Waals surface area (Å²) in [6.07, 6.45) is 1.27. The van der Waals surface area contributed by atoms with Crippen LogP contribution < -0.4 is 14.9 Å². The molecular weight excluding hydrogens is 390 g/mol. The molecule has 11 heteroatoms. The third-order valence-corrected chi connectivity index (χ3v) is 6.46. The summed E-state index contributed by atoms with van der Waals surface area (Å²) in [6.45, 7) is 4.05. The van der Waals surface area contributed by atoms with Crippen LogP contribution in [-0.4, -0.2) is 37.0 Å². The Labute approximate surface area is 160 Å². The van der Waals surface area contributed by atoms with Gasteiger partial charge in [0, 0.05) is 24.6 Å². The lowest BCUT2D eigenvalue weighted by Gasteiger charge is -2.16. The van der Waals surface area contributed by atoms with E-state index in [-0.39, 0.29) is 27.2 Å². The molecule has 2 amide bonds. The Morgan fingerprint density at radius 2 is 2.07 bits per heavy atom. The first kappa shape index (κ1) is 19.2. The molecule has 0 saturated carbocycles. The van der Waals surface area contributed by atoms with Crippen molar-refractivity contribution < 1.29 is 18.0 Å². The highest BCUT2D eigenvalue weighted by Crippen LogP contribution is 2.27. The Hall–Kier alpha value is -2.53. The lowest BCUT2D eigenvalue weighted by atomic mass is 10.2. The summed E-state index contributed by atoms with van der Waals surface area (Å²) in [5.74, 6) is -0.515. The summed E-state index contributed by atoms with van der Waals surface area (Å²) in [5, 5.41) is 9.98. The summed E-state index contributed by atoms with van der Waals surface area (Å²) < 4.78 is 27.2. The van der Waals surface area contributed by atoms with Crippen molar-refractivity contribution in [1.82, 2.24) is 10.2 Å². The van der Waals surface area contributed by atoms with Crippen LogP contribution in [0.4, 0.5) is 16.5 Å². The SMILES string of the molecule is CC(C)C(=O)Nc1nnc(S(=O)(=O)Nc2cccc(N3CCCC3=O)c2)s1. The van der Waals surface area contributed by atoms with Crippen molar-refractivity contribution in [3.8, 4) is 0 Å². The van der Waals surface area contributed by atoms with E-state index in [2.05, 4.69) is 20.2 Å². The number of anilines is 3. The zero-order chi connectivity index (χ0) is 19.6. The Balaban J connectivity index is 1.76. The topological polar surface area (TPSA) is 121 Å². The predicted molar refractivity (Wildman–Crippen MR) is 102 cm³/mol. The first-order chi connectivity index (χ1) is 12.8. The largest absolute Gasteiger partial charge is 0.312 e. The molecule has 27 heavy (non-hydrogen) atoms. The van der Waals surface area contributed by atoms with Gasteiger partial charge in [0.1, 0.15) is 0 Å². The van der Waals surface area contributed by atoms with Crippen molar-refractivity contribution in [3.05, 3.63) is 24.3 Å². The molecule has 2 heterocycles. The van der Waals surface area contributed by atoms with Gasteiger partial charge in [-0.25, -0.2) is 0 Å². The highest BCUT2D eigenvalue weighted by molar-refractivity contribution is 7.94. The van der Waals surface area contributed by atoms with E-state index in [0.29, 0.717) is 24.3 Å². The van der Waals surface area contributed by atoms with Crippen LogP contribution in [0.5, 0.6) is 0 Å². The van der Waals surface area contributed by atoms with Gasteiger partial charge in [0.2, 0.25) is 16.9 Å². The van der Waals surface area contributed by atoms with Gasteiger partial charge in [-0.1, -0.05) is 31.3 Å². The van der Waals surface area contributed by atoms with Crippen LogP contribution in [0.15, 0.2) is 28.6 Å². The van der Waals surface area contributed by atoms with E-state index in [1.165, 1.54) is 0 Å². The minimum absolute atomic E-state index is 0.0182. The number of carbonyl (C=O) groups is 2. The smallest absolute Gasteiger partial charge is 0.291 e. The van der Waals surface area contributed by atoms with Crippen molar-refractivity contribution in [2.45, 2.75) is 31.0 Å². The second-order valence-electron chi connectivity index (χ2n) is 6.32. The molecule has 1 aromatic carbocycles. The summed E-state index contributed by atoms with van der Waals surface area (Å²) >= 11 is 0.766. The zero-order valence-corrected chi connectivity index (χ0v) is 16.4. The third kappa shape index (κ3) is 4.42. The molecule has 0 spiro atoms. The third-order valence-electron chi connectivity index (χ3n) is 3.87. The number of amides is 2. The van der Waals surface area contributed by atoms with E-state index in [9.17, 15) is 18.0 Å². The molecule has 0 bridgehead atoms. The minimum Gasteiger partial charge on any atom is -0.312 e. The molecule has 1 fully saturated rings. The first-order valence-corrected chi connectivity index (χ1v) is 10.6. The molecule has 2 N–H and O–H groups in total. The van der Waals surface area contributed by atoms with E-state index in [4.69, 9.17) is 0 Å². The van der Waals surface area contributed by atoms with Crippen molar-refractivity contribution in [2.75, 3.05) is 21.5 Å². The van der Waals surface area contributed by atoms with Gasteiger partial charge in [-0.05, 0) is 24.6 Å². The van der Waals surface area contributed by atoms with E-state index < -0.39 is 10.0 Å². The summed E-state index contributed by atoms with van der Waals surface area (Å²) in [6, 6.07) is 6.62. The molecule has 0 aliphatic carbocycles. The molecule has 1 aliphatic heterocycles. The Kier molecular flexibility index (Phi) is 5.42. The second kappa shape index (κ2) is 7.61. The molecule has 144 valence electrons. The maximum Gasteiger partial charge on any atom is 0.291 e. The summed E-state index contributed by atoms with van der Waals surface area (Å²) in [5.41, 5.74) is 0.954. The first-order valence-electron chi connectivity index (χ1n) is 8.34. The fourth-order valence-electron chi connectivity index (χ4n) is 2.48. The standard InChI is InChI=1S/C16H19N5O4S2/c1-10(2)14(23)17-15-18-19-16(26-15)27(24,25)20-11-5-3-6-12(9-11)21-8-4-7-13(21)22/h3,5-6,9-10,20H,4,7-8H2,1-2H3,(H,17,18,23). The average molecular weight is 409 g/mol. The lowest BCUT2D eigenvalue weighted by Crippen LogP contribution is -2.23. The zero-order valence-electron chi connectivity index (χ0n) is 14.8. The van der Waals surface area contributed by atoms with Gasteiger partial charge in [-0.15, -0.1) is 10.2 Å². The number of nitrogens with zero attached hydrogens (tertiary/aromatic N) is 3. The highest BCUT2D eigenvalue weighted by Gasteiger charge is 2.24. The lowest BCUT2D eigenvalue weighted by molar-refractivity contribution is -0.119. The molecule has 1 aromatic heterocycles. The maximum atomic E-state index is 12.5. The van der Waals surface area contributed by atoms with Crippen LogP contribution in [0.2, 0.25) is 0 Å². The number of benzene rings is 1. The van der Waals surface area contributed by atoms with Crippen LogP contribution in [0, 0.1) is 5.92 Å². The molecule has 3 rings (SSSR count). The summed E-state index contributed by atoms with van der Waals surface area (Å²) in [4.78, 5) is 25.2. The minimum atomic E-state index is -3.96. The monoisotopic (exact) mass is 409 g/mol. The molecule has 1 saturated heterocycles. The number of carbonyl (C=O) groups excluding carboxylic acids is 2. The fourth-order valence-corrected chi connectivity index (χ4v) is 4.43. The number of nitrogens with one attached hydrogen (secondary N) is 2. The number of hydrogen-bond donors (Lipinski definition) is 2. The van der Waals surface area contributed by atoms with Crippen molar-refractivity contribution in [3.63, 3.8) is 0 Å². The quantitative estimate of drug-likeness (QED) is 0.705. The van der Waals surface area contributed by atoms with Crippen molar-refractivity contribution in [2.24, 2.45) is 5.92 Å². The van der Waals surface area contributed by atoms with E-state index >= 15 is 0 Å². The molecular formula is C16H19N5O4S2. The van der Waals surface area contributed by atoms with Crippen LogP contribution in [-0.2, 0) is 19.6 Å². The van der Waals surface area contributed by atoms with Gasteiger partial charge in [-0.3, -0.25) is 14.3 Å². The molecule has 1 aliphatic rings. The average Bonchev–Trinajstić information content (AvgIpc) is 3.24. The van der Waals surface area contributed by atoms with Crippen LogP contribution in [0.3, 0.4) is 0 Å². The van der Waals surface area contributed by atoms with Gasteiger partial charge < -0.3 is 10.2 Å². The number of hydrogen-bond acceptors (Lipinski definition) is 7. The van der Waals surface area contributed by atoms with Gasteiger partial charge in [-0.2, -0.15) is 8.42 Å². The van der Waals surface area contributed by atoms with Gasteiger partial charge >= 0.3 is 0 Å². The molecule has 9 nitrogen and oxygen atoms in total. The normalized spacial score (nSPS) is 14.6. The van der Waals surface area contributed by atoms with Gasteiger partial charge in [0.15, 0.2) is 0 Å². The predicted octanol–water partition coefficient (Wildman–Crippen LogP) is 2.06. The van der Waals surface area contributed by atoms with Gasteiger partial charge in [0.05, 0.1) is 5.69 Å². The van der Waals surface area contributed by atoms with Crippen LogP contribution >= 0.6 is 11.3 Å². The molecule has 0 atom stereocenters. The second-order valence-corrected chi connectivity index (χ2v) is 9.16. The number of rotatable bonds is 6. The van der Waals surface area contributed by atoms with Crippen molar-refractivity contribution in [1.29, 1.82) is 0 Å². The van der Waals surface area contributed by atoms with Crippen LogP contribution in [0.25, 0.3) is 0 Å². The summed E-state index contributed by atoms with van der Waals surface area (Å²) in [7, 11) is -3.96. The van der Waals surface area contributed by atoms with E-state index in [0.717, 1.165) is 17.8 Å². The number of sulfonamides is 1. The van der Waals surface area contributed by atoms with E-state index in [1.807, 2.05) is 0 Å². The van der Waals surface area contributed by atoms with Crippen LogP contribution in [0.1, 0.15) is 26.7 Å². The van der Waals surface area contributed by atoms with Gasteiger partial charge in [0.25, 0.3) is 14.4 Å². The fraction of sp³-hybridized carbons (Fsp3) is 0.375. The molecule has 2 aromatic rings. The Morgan fingerprint density at radius 1 is 1.30 bits per heavy atom. The molecule has 0 unspecified atom stereocenters. The number of aromatic nitrogens is 2. The Morgan fingerprint density at radius 3 is 2.74 bits per heavy atom. The van der Waals surface area contributed by atoms with Crippen molar-refractivity contribution >= 4 is 49.7 Å². The maximum absolute atomic E-state index is 12.5. The molecule has 0 radical (unpaired) electrons. The van der Waals surface area contributed by atoms with E-state index in [1.54, 1.807) is 43.0 Å². The highest BCUT2D eigenvalue weighted by atomic mass is 32.2. The Bertz CT molecular complexity index is 971.